The summed E-state index contributed by atoms with van der Waals surface area (Å²) in [5.41, 5.74) is 1.20. The van der Waals surface area contributed by atoms with Gasteiger partial charge in [0.05, 0.1) is 19.4 Å². The summed E-state index contributed by atoms with van der Waals surface area (Å²) in [4.78, 5) is 4.64. The molecule has 0 spiro atoms. The number of aromatic nitrogens is 3. The first-order valence-corrected chi connectivity index (χ1v) is 8.09. The SMILES string of the molecule is COc1ccc(Cn2nc(C(C)C)nc2CSC)cc1. The monoisotopic (exact) mass is 291 g/mol. The molecule has 0 radical (unpaired) electrons. The molecule has 1 heterocycles. The Balaban J connectivity index is 2.21. The van der Waals surface area contributed by atoms with Crippen LogP contribution in [0.3, 0.4) is 0 Å². The largest absolute Gasteiger partial charge is 0.497 e. The Bertz CT molecular complexity index is 549. The van der Waals surface area contributed by atoms with Gasteiger partial charge in [0, 0.05) is 5.92 Å². The van der Waals surface area contributed by atoms with Gasteiger partial charge in [0.15, 0.2) is 5.82 Å². The molecule has 108 valence electrons. The zero-order valence-electron chi connectivity index (χ0n) is 12.5. The Labute approximate surface area is 124 Å². The number of hydrogen-bond acceptors (Lipinski definition) is 4. The van der Waals surface area contributed by atoms with Crippen LogP contribution in [-0.4, -0.2) is 28.1 Å². The zero-order valence-corrected chi connectivity index (χ0v) is 13.3. The van der Waals surface area contributed by atoms with E-state index in [1.165, 1.54) is 5.56 Å². The molecule has 0 saturated carbocycles. The number of thioether (sulfide) groups is 1. The Kier molecular flexibility index (Phi) is 5.06. The fourth-order valence-corrected chi connectivity index (χ4v) is 2.38. The summed E-state index contributed by atoms with van der Waals surface area (Å²) < 4.78 is 7.19. The molecular weight excluding hydrogens is 270 g/mol. The molecule has 20 heavy (non-hydrogen) atoms. The van der Waals surface area contributed by atoms with Gasteiger partial charge >= 0.3 is 0 Å². The maximum Gasteiger partial charge on any atom is 0.153 e. The minimum atomic E-state index is 0.354. The molecule has 2 aromatic rings. The molecule has 0 aliphatic rings. The first kappa shape index (κ1) is 14.9. The van der Waals surface area contributed by atoms with Crippen LogP contribution < -0.4 is 4.74 Å². The minimum absolute atomic E-state index is 0.354. The van der Waals surface area contributed by atoms with Gasteiger partial charge < -0.3 is 4.74 Å². The summed E-state index contributed by atoms with van der Waals surface area (Å²) in [6.45, 7) is 4.99. The summed E-state index contributed by atoms with van der Waals surface area (Å²) in [6, 6.07) is 8.09. The van der Waals surface area contributed by atoms with Crippen molar-refractivity contribution < 1.29 is 4.74 Å². The smallest absolute Gasteiger partial charge is 0.153 e. The number of ether oxygens (including phenoxy) is 1. The van der Waals surface area contributed by atoms with Gasteiger partial charge in [-0.1, -0.05) is 26.0 Å². The average Bonchev–Trinajstić information content (AvgIpc) is 2.83. The number of hydrogen-bond donors (Lipinski definition) is 0. The third kappa shape index (κ3) is 3.54. The Hall–Kier alpha value is -1.49. The first-order valence-electron chi connectivity index (χ1n) is 6.69. The van der Waals surface area contributed by atoms with E-state index < -0.39 is 0 Å². The number of benzene rings is 1. The van der Waals surface area contributed by atoms with Crippen LogP contribution in [0.5, 0.6) is 5.75 Å². The highest BCUT2D eigenvalue weighted by atomic mass is 32.2. The Morgan fingerprint density at radius 1 is 1.25 bits per heavy atom. The van der Waals surface area contributed by atoms with Crippen LogP contribution in [0.15, 0.2) is 24.3 Å². The Morgan fingerprint density at radius 2 is 1.95 bits per heavy atom. The van der Waals surface area contributed by atoms with Crippen molar-refractivity contribution in [3.63, 3.8) is 0 Å². The second kappa shape index (κ2) is 6.79. The van der Waals surface area contributed by atoms with Gasteiger partial charge in [-0.05, 0) is 24.0 Å². The molecule has 0 aliphatic carbocycles. The normalized spacial score (nSPS) is 11.1. The molecule has 0 unspecified atom stereocenters. The average molecular weight is 291 g/mol. The van der Waals surface area contributed by atoms with Gasteiger partial charge in [-0.25, -0.2) is 9.67 Å². The molecule has 5 heteroatoms. The number of nitrogens with zero attached hydrogens (tertiary/aromatic N) is 3. The number of rotatable bonds is 6. The van der Waals surface area contributed by atoms with Crippen LogP contribution in [-0.2, 0) is 12.3 Å². The van der Waals surface area contributed by atoms with Crippen LogP contribution in [0, 0.1) is 0 Å². The van der Waals surface area contributed by atoms with E-state index in [1.807, 2.05) is 16.8 Å². The van der Waals surface area contributed by atoms with E-state index >= 15 is 0 Å². The maximum absolute atomic E-state index is 5.18. The van der Waals surface area contributed by atoms with E-state index in [2.05, 4.69) is 42.3 Å². The third-order valence-corrected chi connectivity index (χ3v) is 3.59. The van der Waals surface area contributed by atoms with Crippen molar-refractivity contribution in [2.45, 2.75) is 32.1 Å². The minimum Gasteiger partial charge on any atom is -0.497 e. The molecule has 2 rings (SSSR count). The quantitative estimate of drug-likeness (QED) is 0.818. The molecule has 0 fully saturated rings. The van der Waals surface area contributed by atoms with E-state index in [-0.39, 0.29) is 0 Å². The lowest BCUT2D eigenvalue weighted by atomic mass is 10.2. The molecule has 0 atom stereocenters. The molecule has 4 nitrogen and oxygen atoms in total. The lowest BCUT2D eigenvalue weighted by Gasteiger charge is -2.06. The first-order chi connectivity index (χ1) is 9.63. The van der Waals surface area contributed by atoms with Gasteiger partial charge in [-0.3, -0.25) is 0 Å². The van der Waals surface area contributed by atoms with Crippen molar-refractivity contribution in [2.24, 2.45) is 0 Å². The molecule has 0 saturated heterocycles. The van der Waals surface area contributed by atoms with Crippen LogP contribution in [0.4, 0.5) is 0 Å². The van der Waals surface area contributed by atoms with Gasteiger partial charge in [0.2, 0.25) is 0 Å². The predicted octanol–water partition coefficient (Wildman–Crippen LogP) is 3.32. The summed E-state index contributed by atoms with van der Waals surface area (Å²) in [5.74, 6) is 4.07. The standard InChI is InChI=1S/C15H21N3OS/c1-11(2)15-16-14(10-20-4)18(17-15)9-12-5-7-13(19-3)8-6-12/h5-8,11H,9-10H2,1-4H3. The fraction of sp³-hybridized carbons (Fsp3) is 0.467. The summed E-state index contributed by atoms with van der Waals surface area (Å²) in [5, 5.41) is 4.63. The van der Waals surface area contributed by atoms with Gasteiger partial charge in [0.1, 0.15) is 11.6 Å². The van der Waals surface area contributed by atoms with E-state index in [0.717, 1.165) is 29.7 Å². The van der Waals surface area contributed by atoms with Crippen LogP contribution in [0.2, 0.25) is 0 Å². The second-order valence-electron chi connectivity index (χ2n) is 4.98. The molecule has 0 N–H and O–H groups in total. The van der Waals surface area contributed by atoms with Crippen LogP contribution >= 0.6 is 11.8 Å². The van der Waals surface area contributed by atoms with Crippen LogP contribution in [0.1, 0.15) is 37.0 Å². The fourth-order valence-electron chi connectivity index (χ4n) is 1.90. The molecular formula is C15H21N3OS. The van der Waals surface area contributed by atoms with E-state index in [4.69, 9.17) is 4.74 Å². The van der Waals surface area contributed by atoms with Crippen molar-refractivity contribution in [1.82, 2.24) is 14.8 Å². The van der Waals surface area contributed by atoms with Crippen LogP contribution in [0.25, 0.3) is 0 Å². The van der Waals surface area contributed by atoms with E-state index in [9.17, 15) is 0 Å². The van der Waals surface area contributed by atoms with Crippen molar-refractivity contribution in [2.75, 3.05) is 13.4 Å². The molecule has 0 bridgehead atoms. The molecule has 0 amide bonds. The lowest BCUT2D eigenvalue weighted by Crippen LogP contribution is -2.06. The highest BCUT2D eigenvalue weighted by Crippen LogP contribution is 2.16. The van der Waals surface area contributed by atoms with Gasteiger partial charge in [-0.15, -0.1) is 0 Å². The molecule has 1 aromatic heterocycles. The summed E-state index contributed by atoms with van der Waals surface area (Å²) >= 11 is 1.77. The highest BCUT2D eigenvalue weighted by molar-refractivity contribution is 7.97. The third-order valence-electron chi connectivity index (χ3n) is 3.05. The van der Waals surface area contributed by atoms with Crippen molar-refractivity contribution in [3.05, 3.63) is 41.5 Å². The summed E-state index contributed by atoms with van der Waals surface area (Å²) in [6.07, 6.45) is 2.08. The Morgan fingerprint density at radius 3 is 2.50 bits per heavy atom. The van der Waals surface area contributed by atoms with Gasteiger partial charge in [0.25, 0.3) is 0 Å². The highest BCUT2D eigenvalue weighted by Gasteiger charge is 2.12. The summed E-state index contributed by atoms with van der Waals surface area (Å²) in [7, 11) is 1.68. The molecule has 1 aromatic carbocycles. The van der Waals surface area contributed by atoms with E-state index in [0.29, 0.717) is 5.92 Å². The van der Waals surface area contributed by atoms with Crippen molar-refractivity contribution in [3.8, 4) is 5.75 Å². The zero-order chi connectivity index (χ0) is 14.5. The molecule has 0 aliphatic heterocycles. The lowest BCUT2D eigenvalue weighted by molar-refractivity contribution is 0.414. The topological polar surface area (TPSA) is 39.9 Å². The second-order valence-corrected chi connectivity index (χ2v) is 5.85. The van der Waals surface area contributed by atoms with E-state index in [1.54, 1.807) is 18.9 Å². The number of methoxy groups -OCH3 is 1. The van der Waals surface area contributed by atoms with Crippen molar-refractivity contribution >= 4 is 11.8 Å². The maximum atomic E-state index is 5.18. The van der Waals surface area contributed by atoms with Gasteiger partial charge in [-0.2, -0.15) is 16.9 Å². The predicted molar refractivity (Wildman–Crippen MR) is 83.4 cm³/mol. The van der Waals surface area contributed by atoms with Crippen molar-refractivity contribution in [1.29, 1.82) is 0 Å².